The van der Waals surface area contributed by atoms with Gasteiger partial charge in [-0.1, -0.05) is 41.9 Å². The lowest BCUT2D eigenvalue weighted by molar-refractivity contribution is -0.135. The lowest BCUT2D eigenvalue weighted by Gasteiger charge is -2.29. The smallest absolute Gasteiger partial charge is 0.276 e. The maximum absolute atomic E-state index is 12.6. The minimum Gasteiger partial charge on any atom is -0.502 e. The molecule has 1 unspecified atom stereocenters. The molecule has 0 bridgehead atoms. The van der Waals surface area contributed by atoms with Crippen molar-refractivity contribution in [1.29, 1.82) is 0 Å². The Morgan fingerprint density at radius 2 is 1.75 bits per heavy atom. The van der Waals surface area contributed by atoms with Gasteiger partial charge in [-0.25, -0.2) is 0 Å². The molecule has 0 fully saturated rings. The van der Waals surface area contributed by atoms with Crippen molar-refractivity contribution in [3.05, 3.63) is 82.3 Å². The molecule has 0 saturated carbocycles. The maximum Gasteiger partial charge on any atom is 0.276 e. The molecule has 1 amide bonds. The lowest BCUT2D eigenvalue weighted by atomic mass is 9.97. The molecule has 1 atom stereocenters. The van der Waals surface area contributed by atoms with E-state index in [-0.39, 0.29) is 5.76 Å². The molecule has 2 N–H and O–H groups in total. The summed E-state index contributed by atoms with van der Waals surface area (Å²) >= 11 is 5.89. The summed E-state index contributed by atoms with van der Waals surface area (Å²) in [6.45, 7) is 1.46. The molecule has 1 heterocycles. The van der Waals surface area contributed by atoms with Crippen LogP contribution in [0, 0.1) is 0 Å². The first-order valence-electron chi connectivity index (χ1n) is 7.21. The quantitative estimate of drug-likeness (QED) is 0.896. The Kier molecular flexibility index (Phi) is 4.03. The predicted molar refractivity (Wildman–Crippen MR) is 88.5 cm³/mol. The maximum atomic E-state index is 12.6. The second-order valence-corrected chi connectivity index (χ2v) is 5.78. The zero-order valence-corrected chi connectivity index (χ0v) is 13.5. The summed E-state index contributed by atoms with van der Waals surface area (Å²) in [4.78, 5) is 25.1. The van der Waals surface area contributed by atoms with E-state index >= 15 is 0 Å². The summed E-state index contributed by atoms with van der Waals surface area (Å²) in [6.07, 6.45) is 0. The van der Waals surface area contributed by atoms with Crippen LogP contribution in [0.4, 0.5) is 0 Å². The number of carbonyl (C=O) groups excluding carboxylic acids is 2. The number of allylic oxidation sites excluding steroid dienone is 1. The number of aliphatic hydroxyl groups excluding tert-OH is 1. The van der Waals surface area contributed by atoms with Gasteiger partial charge in [-0.15, -0.1) is 0 Å². The summed E-state index contributed by atoms with van der Waals surface area (Å²) in [5, 5.41) is 13.0. The summed E-state index contributed by atoms with van der Waals surface area (Å²) in [5.41, 5.74) is -1.08. The highest BCUT2D eigenvalue weighted by Gasteiger charge is 2.51. The number of amides is 1. The van der Waals surface area contributed by atoms with Gasteiger partial charge < -0.3 is 15.2 Å². The first kappa shape index (κ1) is 16.1. The zero-order valence-electron chi connectivity index (χ0n) is 12.7. The van der Waals surface area contributed by atoms with E-state index in [1.165, 1.54) is 6.92 Å². The topological polar surface area (TPSA) is 75.6 Å². The number of aliphatic hydroxyl groups is 1. The number of hydrogen-bond donors (Lipinski definition) is 2. The average Bonchev–Trinajstić information content (AvgIpc) is 2.81. The molecule has 24 heavy (non-hydrogen) atoms. The highest BCUT2D eigenvalue weighted by molar-refractivity contribution is 6.30. The van der Waals surface area contributed by atoms with Crippen LogP contribution in [0.3, 0.4) is 0 Å². The van der Waals surface area contributed by atoms with Crippen molar-refractivity contribution in [2.75, 3.05) is 0 Å². The molecule has 1 aliphatic heterocycles. The Labute approximate surface area is 143 Å². The van der Waals surface area contributed by atoms with Crippen molar-refractivity contribution >= 4 is 23.3 Å². The van der Waals surface area contributed by atoms with E-state index in [4.69, 9.17) is 16.3 Å². The number of ketones is 1. The molecule has 0 aromatic heterocycles. The van der Waals surface area contributed by atoms with Crippen molar-refractivity contribution in [3.8, 4) is 0 Å². The van der Waals surface area contributed by atoms with E-state index in [0.717, 1.165) is 0 Å². The highest BCUT2D eigenvalue weighted by Crippen LogP contribution is 2.36. The van der Waals surface area contributed by atoms with Gasteiger partial charge in [-0.3, -0.25) is 9.59 Å². The fourth-order valence-electron chi connectivity index (χ4n) is 2.50. The Morgan fingerprint density at radius 1 is 1.12 bits per heavy atom. The van der Waals surface area contributed by atoms with Crippen LogP contribution >= 0.6 is 11.6 Å². The van der Waals surface area contributed by atoms with Gasteiger partial charge in [0, 0.05) is 16.1 Å². The molecular weight excluding hydrogens is 330 g/mol. The Hall–Kier alpha value is -2.79. The number of rotatable bonds is 3. The van der Waals surface area contributed by atoms with Gasteiger partial charge in [0.2, 0.25) is 5.76 Å². The Morgan fingerprint density at radius 3 is 2.29 bits per heavy atom. The van der Waals surface area contributed by atoms with E-state index in [9.17, 15) is 14.7 Å². The third kappa shape index (κ3) is 2.63. The van der Waals surface area contributed by atoms with Crippen LogP contribution in [0.2, 0.25) is 5.02 Å². The number of Topliss-reactive ketones (excluding diaryl/α,β-unsaturated/α-hetero) is 1. The SMILES string of the molecule is CC1=C(O)C(=O)C(NC(=O)c2ccccc2)(c2ccc(Cl)cc2)O1. The summed E-state index contributed by atoms with van der Waals surface area (Å²) in [5.74, 6) is -1.70. The van der Waals surface area contributed by atoms with Gasteiger partial charge >= 0.3 is 0 Å². The van der Waals surface area contributed by atoms with Crippen molar-refractivity contribution < 1.29 is 19.4 Å². The molecule has 5 nitrogen and oxygen atoms in total. The van der Waals surface area contributed by atoms with E-state index in [2.05, 4.69) is 5.32 Å². The fraction of sp³-hybridized carbons (Fsp3) is 0.111. The van der Waals surface area contributed by atoms with Gasteiger partial charge in [0.25, 0.3) is 17.4 Å². The van der Waals surface area contributed by atoms with Crippen LogP contribution in [-0.4, -0.2) is 16.8 Å². The fourth-order valence-corrected chi connectivity index (χ4v) is 2.63. The zero-order chi connectivity index (χ0) is 17.3. The van der Waals surface area contributed by atoms with Gasteiger partial charge in [0.05, 0.1) is 0 Å². The molecule has 0 radical (unpaired) electrons. The predicted octanol–water partition coefficient (Wildman–Crippen LogP) is 3.31. The molecule has 2 aromatic carbocycles. The van der Waals surface area contributed by atoms with Crippen LogP contribution in [0.15, 0.2) is 66.1 Å². The van der Waals surface area contributed by atoms with Gasteiger partial charge in [-0.05, 0) is 31.2 Å². The second-order valence-electron chi connectivity index (χ2n) is 5.34. The molecule has 0 aliphatic carbocycles. The van der Waals surface area contributed by atoms with Crippen molar-refractivity contribution in [2.45, 2.75) is 12.6 Å². The molecule has 6 heteroatoms. The van der Waals surface area contributed by atoms with Crippen molar-refractivity contribution in [3.63, 3.8) is 0 Å². The Balaban J connectivity index is 2.03. The van der Waals surface area contributed by atoms with Crippen molar-refractivity contribution in [1.82, 2.24) is 5.32 Å². The minimum atomic E-state index is -1.81. The molecule has 1 aliphatic rings. The van der Waals surface area contributed by atoms with Crippen molar-refractivity contribution in [2.24, 2.45) is 0 Å². The normalized spacial score (nSPS) is 20.0. The lowest BCUT2D eigenvalue weighted by Crippen LogP contribution is -2.51. The van der Waals surface area contributed by atoms with Gasteiger partial charge in [0.1, 0.15) is 5.76 Å². The molecule has 122 valence electrons. The number of nitrogens with one attached hydrogen (secondary N) is 1. The number of halogens is 1. The number of ether oxygens (including phenoxy) is 1. The van der Waals surface area contributed by atoms with E-state index < -0.39 is 23.2 Å². The summed E-state index contributed by atoms with van der Waals surface area (Å²) in [7, 11) is 0. The van der Waals surface area contributed by atoms with Crippen LogP contribution in [-0.2, 0) is 15.3 Å². The monoisotopic (exact) mass is 343 g/mol. The molecular formula is C18H14ClNO4. The third-order valence-corrected chi connectivity index (χ3v) is 4.00. The second kappa shape index (κ2) is 6.02. The van der Waals surface area contributed by atoms with Crippen LogP contribution in [0.5, 0.6) is 0 Å². The summed E-state index contributed by atoms with van der Waals surface area (Å²) < 4.78 is 5.60. The number of carbonyl (C=O) groups is 2. The number of hydrogen-bond acceptors (Lipinski definition) is 4. The first-order chi connectivity index (χ1) is 11.4. The number of benzene rings is 2. The van der Waals surface area contributed by atoms with Gasteiger partial charge in [0.15, 0.2) is 0 Å². The van der Waals surface area contributed by atoms with E-state index in [0.29, 0.717) is 16.1 Å². The molecule has 0 saturated heterocycles. The molecule has 3 rings (SSSR count). The highest BCUT2D eigenvalue weighted by atomic mass is 35.5. The molecule has 0 spiro atoms. The molecule has 2 aromatic rings. The first-order valence-corrected chi connectivity index (χ1v) is 7.59. The van der Waals surface area contributed by atoms with Crippen LogP contribution in [0.1, 0.15) is 22.8 Å². The standard InChI is InChI=1S/C18H14ClNO4/c1-11-15(21)16(22)18(24-11,13-7-9-14(19)10-8-13)20-17(23)12-5-3-2-4-6-12/h2-10,21H,1H3,(H,20,23). The van der Waals surface area contributed by atoms with E-state index in [1.807, 2.05) is 0 Å². The van der Waals surface area contributed by atoms with Gasteiger partial charge in [-0.2, -0.15) is 0 Å². The van der Waals surface area contributed by atoms with E-state index in [1.54, 1.807) is 54.6 Å². The van der Waals surface area contributed by atoms with Crippen LogP contribution < -0.4 is 5.32 Å². The summed E-state index contributed by atoms with van der Waals surface area (Å²) in [6, 6.07) is 14.7. The Bertz CT molecular complexity index is 830. The largest absolute Gasteiger partial charge is 0.502 e. The van der Waals surface area contributed by atoms with Crippen LogP contribution in [0.25, 0.3) is 0 Å². The third-order valence-electron chi connectivity index (χ3n) is 3.75. The average molecular weight is 344 g/mol. The minimum absolute atomic E-state index is 0.0447.